The number of imidazole rings is 1. The van der Waals surface area contributed by atoms with Crippen LogP contribution in [-0.4, -0.2) is 21.5 Å². The van der Waals surface area contributed by atoms with Crippen molar-refractivity contribution in [2.75, 3.05) is 5.32 Å². The van der Waals surface area contributed by atoms with E-state index in [0.29, 0.717) is 0 Å². The van der Waals surface area contributed by atoms with E-state index in [1.165, 1.54) is 0 Å². The standard InChI is InChI=1S/C15H18N4O/c16-12-2-1-11(9-12)15(20)18-13-3-5-14(6-4-13)19-8-7-17-10-19/h3-8,10-12H,1-2,9,16H2,(H,18,20)/t11-,12+/m0/s1. The van der Waals surface area contributed by atoms with E-state index in [0.717, 1.165) is 30.6 Å². The number of benzene rings is 1. The molecule has 0 radical (unpaired) electrons. The van der Waals surface area contributed by atoms with E-state index in [2.05, 4.69) is 10.3 Å². The summed E-state index contributed by atoms with van der Waals surface area (Å²) in [6, 6.07) is 7.90. The first kappa shape index (κ1) is 12.9. The molecule has 1 fully saturated rings. The normalized spacial score (nSPS) is 21.9. The number of carbonyl (C=O) groups is 1. The Morgan fingerprint density at radius 2 is 2.10 bits per heavy atom. The number of hydrogen-bond acceptors (Lipinski definition) is 3. The highest BCUT2D eigenvalue weighted by molar-refractivity contribution is 5.92. The average molecular weight is 270 g/mol. The second-order valence-electron chi connectivity index (χ2n) is 5.28. The van der Waals surface area contributed by atoms with Crippen molar-refractivity contribution in [3.63, 3.8) is 0 Å². The topological polar surface area (TPSA) is 72.9 Å². The zero-order valence-electron chi connectivity index (χ0n) is 11.2. The number of aromatic nitrogens is 2. The van der Waals surface area contributed by atoms with Gasteiger partial charge in [-0.2, -0.15) is 0 Å². The lowest BCUT2D eigenvalue weighted by Gasteiger charge is -2.11. The molecule has 2 atom stereocenters. The molecule has 1 heterocycles. The van der Waals surface area contributed by atoms with Crippen LogP contribution in [0, 0.1) is 5.92 Å². The van der Waals surface area contributed by atoms with Gasteiger partial charge in [-0.05, 0) is 43.5 Å². The van der Waals surface area contributed by atoms with Gasteiger partial charge in [-0.1, -0.05) is 0 Å². The molecule has 5 heteroatoms. The van der Waals surface area contributed by atoms with Gasteiger partial charge in [-0.15, -0.1) is 0 Å². The van der Waals surface area contributed by atoms with Crippen molar-refractivity contribution in [1.82, 2.24) is 9.55 Å². The monoisotopic (exact) mass is 270 g/mol. The second kappa shape index (κ2) is 5.46. The Balaban J connectivity index is 1.65. The highest BCUT2D eigenvalue weighted by atomic mass is 16.1. The van der Waals surface area contributed by atoms with Crippen molar-refractivity contribution in [1.29, 1.82) is 0 Å². The summed E-state index contributed by atoms with van der Waals surface area (Å²) in [4.78, 5) is 16.1. The molecule has 0 bridgehead atoms. The van der Waals surface area contributed by atoms with E-state index in [1.54, 1.807) is 12.5 Å². The van der Waals surface area contributed by atoms with Gasteiger partial charge < -0.3 is 15.6 Å². The molecule has 0 unspecified atom stereocenters. The highest BCUT2D eigenvalue weighted by Gasteiger charge is 2.27. The molecule has 1 aliphatic rings. The Labute approximate surface area is 117 Å². The molecule has 3 rings (SSSR count). The van der Waals surface area contributed by atoms with Gasteiger partial charge >= 0.3 is 0 Å². The van der Waals surface area contributed by atoms with Gasteiger partial charge in [-0.25, -0.2) is 4.98 Å². The fourth-order valence-corrected chi connectivity index (χ4v) is 2.63. The molecule has 0 spiro atoms. The van der Waals surface area contributed by atoms with Gasteiger partial charge in [0.1, 0.15) is 0 Å². The van der Waals surface area contributed by atoms with Crippen LogP contribution in [0.5, 0.6) is 0 Å². The number of hydrogen-bond donors (Lipinski definition) is 2. The van der Waals surface area contributed by atoms with Gasteiger partial charge in [0.25, 0.3) is 0 Å². The maximum Gasteiger partial charge on any atom is 0.227 e. The Morgan fingerprint density at radius 1 is 1.30 bits per heavy atom. The van der Waals surface area contributed by atoms with Gasteiger partial charge in [0.15, 0.2) is 0 Å². The molecule has 0 saturated heterocycles. The van der Waals surface area contributed by atoms with E-state index < -0.39 is 0 Å². The minimum absolute atomic E-state index is 0.0540. The van der Waals surface area contributed by atoms with Crippen LogP contribution in [-0.2, 0) is 4.79 Å². The lowest BCUT2D eigenvalue weighted by atomic mass is 10.1. The summed E-state index contributed by atoms with van der Waals surface area (Å²) in [6.45, 7) is 0. The van der Waals surface area contributed by atoms with Crippen LogP contribution in [0.4, 0.5) is 5.69 Å². The molecular formula is C15H18N4O. The third-order valence-electron chi connectivity index (χ3n) is 3.78. The molecule has 3 N–H and O–H groups in total. The van der Waals surface area contributed by atoms with Crippen molar-refractivity contribution in [2.24, 2.45) is 11.7 Å². The predicted octanol–water partition coefficient (Wildman–Crippen LogP) is 1.94. The van der Waals surface area contributed by atoms with Crippen molar-refractivity contribution in [3.05, 3.63) is 43.0 Å². The van der Waals surface area contributed by atoms with Crippen molar-refractivity contribution in [3.8, 4) is 5.69 Å². The minimum Gasteiger partial charge on any atom is -0.328 e. The quantitative estimate of drug-likeness (QED) is 0.895. The maximum absolute atomic E-state index is 12.1. The first-order chi connectivity index (χ1) is 9.72. The summed E-state index contributed by atoms with van der Waals surface area (Å²) in [6.07, 6.45) is 7.98. The molecule has 104 valence electrons. The average Bonchev–Trinajstić information content (AvgIpc) is 3.10. The van der Waals surface area contributed by atoms with Crippen LogP contribution in [0.25, 0.3) is 5.69 Å². The van der Waals surface area contributed by atoms with Crippen LogP contribution in [0.3, 0.4) is 0 Å². The van der Waals surface area contributed by atoms with Crippen LogP contribution < -0.4 is 11.1 Å². The molecule has 0 aliphatic heterocycles. The van der Waals surface area contributed by atoms with Gasteiger partial charge in [0, 0.05) is 35.7 Å². The number of rotatable bonds is 3. The SMILES string of the molecule is N[C@@H]1CC[C@H](C(=O)Nc2ccc(-n3ccnc3)cc2)C1. The van der Waals surface area contributed by atoms with Crippen molar-refractivity contribution in [2.45, 2.75) is 25.3 Å². The Kier molecular flexibility index (Phi) is 3.52. The molecular weight excluding hydrogens is 252 g/mol. The summed E-state index contributed by atoms with van der Waals surface area (Å²) < 4.78 is 1.92. The molecule has 5 nitrogen and oxygen atoms in total. The van der Waals surface area contributed by atoms with E-state index in [1.807, 2.05) is 35.0 Å². The highest BCUT2D eigenvalue weighted by Crippen LogP contribution is 2.25. The minimum atomic E-state index is 0.0540. The number of amides is 1. The van der Waals surface area contributed by atoms with E-state index in [9.17, 15) is 4.79 Å². The van der Waals surface area contributed by atoms with Gasteiger partial charge in [0.05, 0.1) is 6.33 Å². The lowest BCUT2D eigenvalue weighted by molar-refractivity contribution is -0.119. The van der Waals surface area contributed by atoms with Gasteiger partial charge in [-0.3, -0.25) is 4.79 Å². The molecule has 1 amide bonds. The van der Waals surface area contributed by atoms with E-state index in [4.69, 9.17) is 5.73 Å². The predicted molar refractivity (Wildman–Crippen MR) is 77.5 cm³/mol. The summed E-state index contributed by atoms with van der Waals surface area (Å²) in [5.74, 6) is 0.131. The first-order valence-corrected chi connectivity index (χ1v) is 6.87. The number of nitrogens with zero attached hydrogens (tertiary/aromatic N) is 2. The van der Waals surface area contributed by atoms with Crippen molar-refractivity contribution >= 4 is 11.6 Å². The first-order valence-electron chi connectivity index (χ1n) is 6.87. The Bertz CT molecular complexity index is 576. The van der Waals surface area contributed by atoms with Crippen LogP contribution in [0.15, 0.2) is 43.0 Å². The van der Waals surface area contributed by atoms with Crippen molar-refractivity contribution < 1.29 is 4.79 Å². The number of nitrogens with two attached hydrogens (primary N) is 1. The molecule has 1 aromatic heterocycles. The smallest absolute Gasteiger partial charge is 0.227 e. The molecule has 1 saturated carbocycles. The van der Waals surface area contributed by atoms with E-state index >= 15 is 0 Å². The summed E-state index contributed by atoms with van der Waals surface area (Å²) >= 11 is 0. The fraction of sp³-hybridized carbons (Fsp3) is 0.333. The maximum atomic E-state index is 12.1. The van der Waals surface area contributed by atoms with Crippen LogP contribution >= 0.6 is 0 Å². The summed E-state index contributed by atoms with van der Waals surface area (Å²) in [5, 5.41) is 2.96. The lowest BCUT2D eigenvalue weighted by Crippen LogP contribution is -2.23. The largest absolute Gasteiger partial charge is 0.328 e. The number of anilines is 1. The number of carbonyl (C=O) groups excluding carboxylic acids is 1. The van der Waals surface area contributed by atoms with E-state index in [-0.39, 0.29) is 17.9 Å². The Hall–Kier alpha value is -2.14. The molecule has 2 aromatic rings. The molecule has 1 aliphatic carbocycles. The molecule has 20 heavy (non-hydrogen) atoms. The zero-order valence-corrected chi connectivity index (χ0v) is 11.2. The van der Waals surface area contributed by atoms with Gasteiger partial charge in [0.2, 0.25) is 5.91 Å². The molecule has 1 aromatic carbocycles. The van der Waals surface area contributed by atoms with Crippen LogP contribution in [0.1, 0.15) is 19.3 Å². The Morgan fingerprint density at radius 3 is 2.70 bits per heavy atom. The summed E-state index contributed by atoms with van der Waals surface area (Å²) in [5.41, 5.74) is 7.68. The zero-order chi connectivity index (χ0) is 13.9. The third-order valence-corrected chi connectivity index (χ3v) is 3.78. The van der Waals surface area contributed by atoms with Crippen LogP contribution in [0.2, 0.25) is 0 Å². The third kappa shape index (κ3) is 2.72. The summed E-state index contributed by atoms with van der Waals surface area (Å²) in [7, 11) is 0. The second-order valence-corrected chi connectivity index (χ2v) is 5.28. The fourth-order valence-electron chi connectivity index (χ4n) is 2.63. The number of nitrogens with one attached hydrogen (secondary N) is 1.